The van der Waals surface area contributed by atoms with E-state index in [0.29, 0.717) is 24.6 Å². The van der Waals surface area contributed by atoms with E-state index in [4.69, 9.17) is 4.74 Å². The number of carbonyl (C=O) groups excluding carboxylic acids is 1. The van der Waals surface area contributed by atoms with E-state index < -0.39 is 0 Å². The lowest BCUT2D eigenvalue weighted by atomic mass is 10.1. The molecule has 0 heterocycles. The average molecular weight is 298 g/mol. The minimum atomic E-state index is -0.184. The van der Waals surface area contributed by atoms with Crippen molar-refractivity contribution in [1.82, 2.24) is 10.2 Å². The summed E-state index contributed by atoms with van der Waals surface area (Å²) >= 11 is 0. The van der Waals surface area contributed by atoms with Gasteiger partial charge in [0.2, 0.25) is 0 Å². The Hall–Kier alpha value is -0.610. The molecule has 1 unspecified atom stereocenters. The fourth-order valence-electron chi connectivity index (χ4n) is 2.85. The molecule has 4 nitrogen and oxygen atoms in total. The molecule has 0 saturated heterocycles. The molecule has 124 valence electrons. The maximum atomic E-state index is 12.2. The monoisotopic (exact) mass is 298 g/mol. The van der Waals surface area contributed by atoms with Crippen LogP contribution in [0.1, 0.15) is 60.3 Å². The van der Waals surface area contributed by atoms with Crippen molar-refractivity contribution in [3.63, 3.8) is 0 Å². The van der Waals surface area contributed by atoms with Crippen molar-refractivity contribution in [2.75, 3.05) is 19.7 Å². The molecule has 1 aliphatic rings. The van der Waals surface area contributed by atoms with Crippen molar-refractivity contribution in [1.29, 1.82) is 0 Å². The summed E-state index contributed by atoms with van der Waals surface area (Å²) in [7, 11) is 0. The van der Waals surface area contributed by atoms with Crippen LogP contribution in [0.5, 0.6) is 0 Å². The maximum absolute atomic E-state index is 12.2. The van der Waals surface area contributed by atoms with Crippen LogP contribution in [0.25, 0.3) is 0 Å². The SMILES string of the molecule is CCOC(=O)C(CN(CC(C)C)C(CC)CC)NC1CC1. The predicted octanol–water partition coefficient (Wildman–Crippen LogP) is 2.82. The van der Waals surface area contributed by atoms with Crippen LogP contribution in [-0.4, -0.2) is 48.7 Å². The van der Waals surface area contributed by atoms with Gasteiger partial charge in [0.1, 0.15) is 6.04 Å². The van der Waals surface area contributed by atoms with E-state index in [0.717, 1.165) is 25.9 Å². The molecule has 1 rings (SSSR count). The number of rotatable bonds is 11. The Balaban J connectivity index is 2.70. The largest absolute Gasteiger partial charge is 0.465 e. The van der Waals surface area contributed by atoms with Crippen LogP contribution in [-0.2, 0) is 9.53 Å². The molecule has 1 N–H and O–H groups in total. The van der Waals surface area contributed by atoms with Gasteiger partial charge in [-0.15, -0.1) is 0 Å². The van der Waals surface area contributed by atoms with E-state index >= 15 is 0 Å². The summed E-state index contributed by atoms with van der Waals surface area (Å²) in [5.41, 5.74) is 0. The van der Waals surface area contributed by atoms with Crippen molar-refractivity contribution in [2.45, 2.75) is 78.4 Å². The van der Waals surface area contributed by atoms with Gasteiger partial charge in [0.15, 0.2) is 0 Å². The molecule has 0 aromatic carbocycles. The molecule has 0 spiro atoms. The minimum Gasteiger partial charge on any atom is -0.465 e. The van der Waals surface area contributed by atoms with Gasteiger partial charge in [0, 0.05) is 25.2 Å². The fraction of sp³-hybridized carbons (Fsp3) is 0.941. The van der Waals surface area contributed by atoms with E-state index in [9.17, 15) is 4.79 Å². The number of nitrogens with one attached hydrogen (secondary N) is 1. The van der Waals surface area contributed by atoms with Gasteiger partial charge >= 0.3 is 5.97 Å². The fourth-order valence-corrected chi connectivity index (χ4v) is 2.85. The van der Waals surface area contributed by atoms with Gasteiger partial charge < -0.3 is 10.1 Å². The minimum absolute atomic E-state index is 0.0934. The van der Waals surface area contributed by atoms with E-state index in [-0.39, 0.29) is 12.0 Å². The lowest BCUT2D eigenvalue weighted by Gasteiger charge is -2.34. The highest BCUT2D eigenvalue weighted by molar-refractivity contribution is 5.76. The average Bonchev–Trinajstić information content (AvgIpc) is 3.22. The summed E-state index contributed by atoms with van der Waals surface area (Å²) in [4.78, 5) is 14.7. The van der Waals surface area contributed by atoms with Gasteiger partial charge in [-0.3, -0.25) is 9.69 Å². The van der Waals surface area contributed by atoms with Crippen LogP contribution in [0.2, 0.25) is 0 Å². The van der Waals surface area contributed by atoms with Gasteiger partial charge in [-0.25, -0.2) is 0 Å². The molecule has 1 saturated carbocycles. The molecular weight excluding hydrogens is 264 g/mol. The van der Waals surface area contributed by atoms with Crippen LogP contribution >= 0.6 is 0 Å². The first-order valence-electron chi connectivity index (χ1n) is 8.68. The quantitative estimate of drug-likeness (QED) is 0.596. The Morgan fingerprint density at radius 1 is 1.19 bits per heavy atom. The van der Waals surface area contributed by atoms with E-state index in [1.54, 1.807) is 0 Å². The second-order valence-electron chi connectivity index (χ2n) is 6.56. The van der Waals surface area contributed by atoms with E-state index in [1.807, 2.05) is 6.92 Å². The van der Waals surface area contributed by atoms with Crippen LogP contribution in [0.3, 0.4) is 0 Å². The number of ether oxygens (including phenoxy) is 1. The maximum Gasteiger partial charge on any atom is 0.324 e. The summed E-state index contributed by atoms with van der Waals surface area (Å²) < 4.78 is 5.26. The highest BCUT2D eigenvalue weighted by atomic mass is 16.5. The molecule has 0 amide bonds. The Morgan fingerprint density at radius 2 is 1.81 bits per heavy atom. The summed E-state index contributed by atoms with van der Waals surface area (Å²) in [5.74, 6) is 0.512. The van der Waals surface area contributed by atoms with Gasteiger partial charge in [0.05, 0.1) is 6.61 Å². The molecular formula is C17H34N2O2. The molecule has 0 aromatic rings. The smallest absolute Gasteiger partial charge is 0.324 e. The van der Waals surface area contributed by atoms with Gasteiger partial charge in [-0.2, -0.15) is 0 Å². The molecule has 0 aromatic heterocycles. The molecule has 21 heavy (non-hydrogen) atoms. The van der Waals surface area contributed by atoms with Crippen molar-refractivity contribution in [3.8, 4) is 0 Å². The van der Waals surface area contributed by atoms with Crippen LogP contribution < -0.4 is 5.32 Å². The van der Waals surface area contributed by atoms with E-state index in [2.05, 4.69) is 37.9 Å². The molecule has 0 bridgehead atoms. The Labute approximate surface area is 130 Å². The summed E-state index contributed by atoms with van der Waals surface area (Å²) in [5, 5.41) is 3.47. The molecule has 4 heteroatoms. The first kappa shape index (κ1) is 18.4. The van der Waals surface area contributed by atoms with Crippen LogP contribution in [0, 0.1) is 5.92 Å². The third kappa shape index (κ3) is 6.79. The zero-order valence-corrected chi connectivity index (χ0v) is 14.5. The zero-order chi connectivity index (χ0) is 15.8. The normalized spacial score (nSPS) is 16.8. The number of esters is 1. The van der Waals surface area contributed by atoms with Crippen LogP contribution in [0.15, 0.2) is 0 Å². The van der Waals surface area contributed by atoms with Crippen LogP contribution in [0.4, 0.5) is 0 Å². The van der Waals surface area contributed by atoms with Crippen molar-refractivity contribution < 1.29 is 9.53 Å². The highest BCUT2D eigenvalue weighted by Crippen LogP contribution is 2.21. The van der Waals surface area contributed by atoms with E-state index in [1.165, 1.54) is 12.8 Å². The number of nitrogens with zero attached hydrogens (tertiary/aromatic N) is 1. The van der Waals surface area contributed by atoms with Gasteiger partial charge in [-0.05, 0) is 38.5 Å². The number of hydrogen-bond acceptors (Lipinski definition) is 4. The predicted molar refractivity (Wildman–Crippen MR) is 87.4 cm³/mol. The molecule has 1 aliphatic carbocycles. The molecule has 1 fully saturated rings. The summed E-state index contributed by atoms with van der Waals surface area (Å²) in [6.07, 6.45) is 4.63. The first-order valence-corrected chi connectivity index (χ1v) is 8.68. The van der Waals surface area contributed by atoms with Gasteiger partial charge in [0.25, 0.3) is 0 Å². The number of hydrogen-bond donors (Lipinski definition) is 1. The second-order valence-corrected chi connectivity index (χ2v) is 6.56. The van der Waals surface area contributed by atoms with Gasteiger partial charge in [-0.1, -0.05) is 27.7 Å². The Morgan fingerprint density at radius 3 is 2.24 bits per heavy atom. The van der Waals surface area contributed by atoms with Crippen molar-refractivity contribution in [2.24, 2.45) is 5.92 Å². The standard InChI is InChI=1S/C17H34N2O2/c1-6-15(7-2)19(11-13(4)5)12-16(17(20)21-8-3)18-14-9-10-14/h13-16,18H,6-12H2,1-5H3. The lowest BCUT2D eigenvalue weighted by Crippen LogP contribution is -2.51. The first-order chi connectivity index (χ1) is 10.0. The Kier molecular flexibility index (Phi) is 8.27. The number of carbonyl (C=O) groups is 1. The third-order valence-corrected chi connectivity index (χ3v) is 4.06. The molecule has 0 aliphatic heterocycles. The summed E-state index contributed by atoms with van der Waals surface area (Å²) in [6, 6.07) is 0.879. The van der Waals surface area contributed by atoms with Crippen molar-refractivity contribution in [3.05, 3.63) is 0 Å². The second kappa shape index (κ2) is 9.42. The molecule has 0 radical (unpaired) electrons. The topological polar surface area (TPSA) is 41.6 Å². The highest BCUT2D eigenvalue weighted by Gasteiger charge is 2.31. The zero-order valence-electron chi connectivity index (χ0n) is 14.5. The summed E-state index contributed by atoms with van der Waals surface area (Å²) in [6.45, 7) is 13.1. The lowest BCUT2D eigenvalue weighted by molar-refractivity contribution is -0.146. The Bertz CT molecular complexity index is 299. The third-order valence-electron chi connectivity index (χ3n) is 4.06. The van der Waals surface area contributed by atoms with Crippen molar-refractivity contribution >= 4 is 5.97 Å². The molecule has 1 atom stereocenters.